The average Bonchev–Trinajstić information content (AvgIpc) is 3.00. The Morgan fingerprint density at radius 2 is 1.73 bits per heavy atom. The van der Waals surface area contributed by atoms with Crippen molar-refractivity contribution >= 4 is 41.0 Å². The quantitative estimate of drug-likeness (QED) is 0.205. The third-order valence-electron chi connectivity index (χ3n) is 7.87. The lowest BCUT2D eigenvalue weighted by molar-refractivity contribution is -0.129. The third-order valence-corrected chi connectivity index (χ3v) is 8.90. The minimum absolute atomic E-state index is 0.000575. The summed E-state index contributed by atoms with van der Waals surface area (Å²) in [7, 11) is 1.61. The summed E-state index contributed by atoms with van der Waals surface area (Å²) in [6, 6.07) is 19.5. The van der Waals surface area contributed by atoms with Gasteiger partial charge < -0.3 is 19.4 Å². The van der Waals surface area contributed by atoms with Crippen molar-refractivity contribution in [1.29, 1.82) is 0 Å². The van der Waals surface area contributed by atoms with Gasteiger partial charge in [-0.25, -0.2) is 9.97 Å². The standard InChI is InChI=1S/C31H36ClN5O3S/c1-22-20-36(16-17-37(22)30(39)25-8-10-26(40-2)11-9-25)28-19-27(32)33-31(34-28)41-21-29(38)35-14-12-24(13-15-35)18-23-6-4-3-5-7-23/h3-11,19,22,24H,12-18,20-21H2,1-2H3. The van der Waals surface area contributed by atoms with Crippen LogP contribution in [0.3, 0.4) is 0 Å². The van der Waals surface area contributed by atoms with Crippen molar-refractivity contribution < 1.29 is 14.3 Å². The van der Waals surface area contributed by atoms with E-state index in [4.69, 9.17) is 21.3 Å². The van der Waals surface area contributed by atoms with Gasteiger partial charge >= 0.3 is 0 Å². The van der Waals surface area contributed by atoms with Gasteiger partial charge in [0.1, 0.15) is 16.7 Å². The van der Waals surface area contributed by atoms with Crippen molar-refractivity contribution in [2.75, 3.05) is 50.5 Å². The lowest BCUT2D eigenvalue weighted by Gasteiger charge is -2.40. The number of aromatic nitrogens is 2. The van der Waals surface area contributed by atoms with Crippen LogP contribution in [0.15, 0.2) is 65.8 Å². The largest absolute Gasteiger partial charge is 0.497 e. The normalized spacial score (nSPS) is 17.9. The fraction of sp³-hybridized carbons (Fsp3) is 0.419. The van der Waals surface area contributed by atoms with Gasteiger partial charge in [0.05, 0.1) is 12.9 Å². The Bertz CT molecular complexity index is 1340. The Balaban J connectivity index is 1.12. The molecule has 10 heteroatoms. The Morgan fingerprint density at radius 1 is 1.00 bits per heavy atom. The topological polar surface area (TPSA) is 78.9 Å². The van der Waals surface area contributed by atoms with E-state index in [1.54, 1.807) is 37.4 Å². The van der Waals surface area contributed by atoms with E-state index in [1.807, 2.05) is 22.8 Å². The number of halogens is 1. The van der Waals surface area contributed by atoms with Crippen LogP contribution in [0, 0.1) is 5.92 Å². The maximum absolute atomic E-state index is 13.1. The molecule has 5 rings (SSSR count). The Morgan fingerprint density at radius 3 is 2.41 bits per heavy atom. The number of ether oxygens (including phenoxy) is 1. The number of thioether (sulfide) groups is 1. The van der Waals surface area contributed by atoms with E-state index in [9.17, 15) is 9.59 Å². The van der Waals surface area contributed by atoms with Crippen LogP contribution in [0.2, 0.25) is 5.15 Å². The van der Waals surface area contributed by atoms with E-state index in [2.05, 4.69) is 34.1 Å². The molecule has 0 saturated carbocycles. The number of hydrogen-bond donors (Lipinski definition) is 0. The number of piperidine rings is 1. The van der Waals surface area contributed by atoms with E-state index in [-0.39, 0.29) is 23.6 Å². The fourth-order valence-electron chi connectivity index (χ4n) is 5.53. The number of amides is 2. The Kier molecular flexibility index (Phi) is 9.67. The first-order chi connectivity index (χ1) is 19.9. The number of rotatable bonds is 8. The Hall–Kier alpha value is -3.30. The first-order valence-corrected chi connectivity index (χ1v) is 15.4. The molecule has 2 aliphatic heterocycles. The maximum Gasteiger partial charge on any atom is 0.254 e. The highest BCUT2D eigenvalue weighted by molar-refractivity contribution is 7.99. The number of piperazine rings is 1. The van der Waals surface area contributed by atoms with Crippen molar-refractivity contribution in [3.05, 3.63) is 76.9 Å². The third kappa shape index (κ3) is 7.51. The maximum atomic E-state index is 13.1. The van der Waals surface area contributed by atoms with E-state index in [0.29, 0.717) is 47.2 Å². The van der Waals surface area contributed by atoms with Gasteiger partial charge in [-0.15, -0.1) is 0 Å². The number of methoxy groups -OCH3 is 1. The molecular weight excluding hydrogens is 558 g/mol. The first-order valence-electron chi connectivity index (χ1n) is 14.1. The molecule has 0 radical (unpaired) electrons. The van der Waals surface area contributed by atoms with Crippen LogP contribution in [0.5, 0.6) is 5.75 Å². The molecule has 2 amide bonds. The number of benzene rings is 2. The molecule has 8 nitrogen and oxygen atoms in total. The molecule has 1 unspecified atom stereocenters. The van der Waals surface area contributed by atoms with Gasteiger partial charge in [-0.3, -0.25) is 9.59 Å². The molecule has 1 aromatic heterocycles. The van der Waals surface area contributed by atoms with Gasteiger partial charge in [0.15, 0.2) is 5.16 Å². The highest BCUT2D eigenvalue weighted by Gasteiger charge is 2.29. The molecule has 3 aromatic rings. The summed E-state index contributed by atoms with van der Waals surface area (Å²) in [6.07, 6.45) is 3.11. The number of anilines is 1. The molecule has 216 valence electrons. The van der Waals surface area contributed by atoms with Gasteiger partial charge in [-0.2, -0.15) is 0 Å². The molecule has 0 aliphatic carbocycles. The van der Waals surface area contributed by atoms with E-state index in [0.717, 1.165) is 38.1 Å². The van der Waals surface area contributed by atoms with Crippen LogP contribution in [0.1, 0.15) is 35.7 Å². The van der Waals surface area contributed by atoms with E-state index < -0.39 is 0 Å². The van der Waals surface area contributed by atoms with Crippen LogP contribution in [0.25, 0.3) is 0 Å². The summed E-state index contributed by atoms with van der Waals surface area (Å²) in [5.41, 5.74) is 2.00. The minimum Gasteiger partial charge on any atom is -0.497 e. The smallest absolute Gasteiger partial charge is 0.254 e. The summed E-state index contributed by atoms with van der Waals surface area (Å²) >= 11 is 7.70. The molecule has 2 aromatic carbocycles. The van der Waals surface area contributed by atoms with Crippen LogP contribution < -0.4 is 9.64 Å². The monoisotopic (exact) mass is 593 g/mol. The molecule has 2 fully saturated rings. The SMILES string of the molecule is COc1ccc(C(=O)N2CCN(c3cc(Cl)nc(SCC(=O)N4CCC(Cc5ccccc5)CC4)n3)CC2C)cc1. The van der Waals surface area contributed by atoms with Crippen molar-refractivity contribution in [3.8, 4) is 5.75 Å². The number of carbonyl (C=O) groups excluding carboxylic acids is 2. The molecule has 0 N–H and O–H groups in total. The van der Waals surface area contributed by atoms with Gasteiger partial charge in [0, 0.05) is 50.4 Å². The lowest BCUT2D eigenvalue weighted by Crippen LogP contribution is -2.54. The summed E-state index contributed by atoms with van der Waals surface area (Å²) in [6.45, 7) is 5.42. The number of nitrogens with zero attached hydrogens (tertiary/aromatic N) is 5. The highest BCUT2D eigenvalue weighted by atomic mass is 35.5. The molecule has 41 heavy (non-hydrogen) atoms. The molecule has 2 saturated heterocycles. The second-order valence-corrected chi connectivity index (χ2v) is 12.0. The fourth-order valence-corrected chi connectivity index (χ4v) is 6.51. The zero-order chi connectivity index (χ0) is 28.8. The van der Waals surface area contributed by atoms with Crippen molar-refractivity contribution in [2.45, 2.75) is 37.4 Å². The van der Waals surface area contributed by atoms with Gasteiger partial charge in [0.25, 0.3) is 5.91 Å². The van der Waals surface area contributed by atoms with Crippen molar-refractivity contribution in [1.82, 2.24) is 19.8 Å². The predicted molar refractivity (Wildman–Crippen MR) is 163 cm³/mol. The molecule has 2 aliphatic rings. The van der Waals surface area contributed by atoms with Crippen molar-refractivity contribution in [3.63, 3.8) is 0 Å². The number of carbonyl (C=O) groups is 2. The minimum atomic E-state index is -0.0189. The van der Waals surface area contributed by atoms with Crippen LogP contribution >= 0.6 is 23.4 Å². The van der Waals surface area contributed by atoms with Crippen LogP contribution in [-0.4, -0.2) is 83.2 Å². The van der Waals surface area contributed by atoms with Gasteiger partial charge in [0.2, 0.25) is 5.91 Å². The summed E-state index contributed by atoms with van der Waals surface area (Å²) in [5.74, 6) is 2.44. The second-order valence-electron chi connectivity index (χ2n) is 10.7. The molecule has 1 atom stereocenters. The average molecular weight is 594 g/mol. The van der Waals surface area contributed by atoms with Crippen LogP contribution in [0.4, 0.5) is 5.82 Å². The zero-order valence-corrected chi connectivity index (χ0v) is 25.1. The highest BCUT2D eigenvalue weighted by Crippen LogP contribution is 2.27. The number of hydrogen-bond acceptors (Lipinski definition) is 7. The molecule has 3 heterocycles. The predicted octanol–water partition coefficient (Wildman–Crippen LogP) is 5.06. The number of likely N-dealkylation sites (tertiary alicyclic amines) is 1. The van der Waals surface area contributed by atoms with Gasteiger partial charge in [-0.1, -0.05) is 53.7 Å². The lowest BCUT2D eigenvalue weighted by atomic mass is 9.90. The van der Waals surface area contributed by atoms with E-state index >= 15 is 0 Å². The summed E-state index contributed by atoms with van der Waals surface area (Å²) in [4.78, 5) is 41.1. The zero-order valence-electron chi connectivity index (χ0n) is 23.5. The molecule has 0 bridgehead atoms. The van der Waals surface area contributed by atoms with Crippen LogP contribution in [-0.2, 0) is 11.2 Å². The summed E-state index contributed by atoms with van der Waals surface area (Å²) < 4.78 is 5.20. The Labute approximate surface area is 251 Å². The summed E-state index contributed by atoms with van der Waals surface area (Å²) in [5, 5.41) is 0.834. The van der Waals surface area contributed by atoms with E-state index in [1.165, 1.54) is 17.3 Å². The molecule has 0 spiro atoms. The van der Waals surface area contributed by atoms with Gasteiger partial charge in [-0.05, 0) is 61.9 Å². The van der Waals surface area contributed by atoms with Crippen molar-refractivity contribution in [2.24, 2.45) is 5.92 Å². The second kappa shape index (κ2) is 13.6. The first kappa shape index (κ1) is 29.2. The molecular formula is C31H36ClN5O3S.